The van der Waals surface area contributed by atoms with Crippen molar-refractivity contribution in [2.24, 2.45) is 10.8 Å². The Labute approximate surface area is 311 Å². The van der Waals surface area contributed by atoms with E-state index in [0.29, 0.717) is 42.6 Å². The lowest BCUT2D eigenvalue weighted by Gasteiger charge is -2.59. The fraction of sp³-hybridized carbons (Fsp3) is 0.487. The van der Waals surface area contributed by atoms with E-state index in [-0.39, 0.29) is 46.0 Å². The van der Waals surface area contributed by atoms with E-state index >= 15 is 0 Å². The van der Waals surface area contributed by atoms with Crippen molar-refractivity contribution in [2.75, 3.05) is 57.3 Å². The monoisotopic (exact) mass is 745 g/mol. The molecule has 0 N–H and O–H groups in total. The summed E-state index contributed by atoms with van der Waals surface area (Å²) in [4.78, 5) is 42.4. The molecule has 0 aliphatic carbocycles. The van der Waals surface area contributed by atoms with Crippen LogP contribution in [0.25, 0.3) is 0 Å². The lowest BCUT2D eigenvalue weighted by Crippen LogP contribution is -2.73. The number of carbonyl (C=O) groups excluding carboxylic acids is 2. The van der Waals surface area contributed by atoms with Gasteiger partial charge in [-0.15, -0.1) is 0 Å². The Kier molecular flexibility index (Phi) is 9.83. The molecule has 0 saturated carbocycles. The number of rotatable bonds is 11. The molecule has 14 heteroatoms. The molecule has 5 heterocycles. The number of amides is 2. The Morgan fingerprint density at radius 2 is 1.60 bits per heavy atom. The van der Waals surface area contributed by atoms with Crippen molar-refractivity contribution >= 4 is 27.7 Å². The molecule has 2 amide bonds. The molecule has 4 saturated heterocycles. The molecule has 1 aromatic heterocycles. The van der Waals surface area contributed by atoms with Crippen LogP contribution in [-0.4, -0.2) is 114 Å². The zero-order chi connectivity index (χ0) is 37.7. The number of anilines is 1. The maximum Gasteiger partial charge on any atom is 0.258 e. The first-order valence-corrected chi connectivity index (χ1v) is 19.7. The molecule has 53 heavy (non-hydrogen) atoms. The zero-order valence-corrected chi connectivity index (χ0v) is 31.7. The number of aromatic nitrogens is 2. The van der Waals surface area contributed by atoms with Gasteiger partial charge in [0, 0.05) is 68.7 Å². The molecule has 3 aromatic rings. The average Bonchev–Trinajstić information content (AvgIpc) is 3.07. The Morgan fingerprint density at radius 3 is 2.23 bits per heavy atom. The van der Waals surface area contributed by atoms with Gasteiger partial charge in [-0.3, -0.25) is 14.5 Å². The number of piperidine rings is 1. The molecule has 7 rings (SSSR count). The third-order valence-electron chi connectivity index (χ3n) is 11.2. The predicted molar refractivity (Wildman–Crippen MR) is 199 cm³/mol. The van der Waals surface area contributed by atoms with Gasteiger partial charge >= 0.3 is 0 Å². The number of hydrogen-bond donors (Lipinski definition) is 0. The van der Waals surface area contributed by atoms with E-state index < -0.39 is 15.8 Å². The van der Waals surface area contributed by atoms with Gasteiger partial charge in [-0.2, -0.15) is 4.31 Å². The SMILES string of the molecule is C=CC(=O)N1CC2(C1)CN(S(=O)(=O)c1ccc(CN3CCC4(CC3)CN(c3ncncc3Oc3ccc(F)cc3C(=O)N(C(C)C)C(C)C)C4)cc1)C2. The number of ether oxygens (including phenoxy) is 1. The fourth-order valence-corrected chi connectivity index (χ4v) is 10.1. The Balaban J connectivity index is 0.924. The highest BCUT2D eigenvalue weighted by atomic mass is 32.2. The Hall–Kier alpha value is -4.40. The van der Waals surface area contributed by atoms with Crippen LogP contribution >= 0.6 is 0 Å². The number of benzene rings is 2. The summed E-state index contributed by atoms with van der Waals surface area (Å²) in [5.74, 6) is 0.382. The molecule has 0 bridgehead atoms. The van der Waals surface area contributed by atoms with Gasteiger partial charge in [-0.05, 0) is 95.6 Å². The molecule has 0 atom stereocenters. The van der Waals surface area contributed by atoms with Crippen molar-refractivity contribution in [3.8, 4) is 11.5 Å². The second-order valence-corrected chi connectivity index (χ2v) is 17.7. The van der Waals surface area contributed by atoms with Crippen molar-refractivity contribution in [3.05, 3.63) is 84.6 Å². The molecular formula is C39H48FN7O5S. The van der Waals surface area contributed by atoms with Gasteiger partial charge in [0.2, 0.25) is 15.9 Å². The number of carbonyl (C=O) groups is 2. The van der Waals surface area contributed by atoms with Crippen molar-refractivity contribution in [1.29, 1.82) is 0 Å². The standard InChI is InChI=1S/C39H48FN7O5S/c1-6-35(48)44-22-39(23-44)24-46(25-39)53(50,51)31-10-7-29(8-11-31)19-43-15-13-38(14-16-43)20-45(21-38)36-34(18-41-26-42-36)52-33-12-9-30(40)17-32(33)37(49)47(27(2)3)28(4)5/h6-12,17-18,26-28H,1,13-16,19-25H2,2-5H3. The highest BCUT2D eigenvalue weighted by molar-refractivity contribution is 7.89. The van der Waals surface area contributed by atoms with Crippen molar-refractivity contribution in [2.45, 2.75) is 64.1 Å². The predicted octanol–water partition coefficient (Wildman–Crippen LogP) is 4.79. The third kappa shape index (κ3) is 7.16. The Bertz CT molecular complexity index is 1970. The maximum absolute atomic E-state index is 14.4. The van der Waals surface area contributed by atoms with Gasteiger partial charge in [0.1, 0.15) is 17.9 Å². The van der Waals surface area contributed by atoms with Crippen LogP contribution in [0, 0.1) is 16.6 Å². The highest BCUT2D eigenvalue weighted by Crippen LogP contribution is 2.46. The van der Waals surface area contributed by atoms with Gasteiger partial charge in [0.05, 0.1) is 16.7 Å². The molecule has 4 aliphatic heterocycles. The topological polar surface area (TPSA) is 119 Å². The molecule has 2 spiro atoms. The van der Waals surface area contributed by atoms with E-state index in [0.717, 1.165) is 51.1 Å². The number of sulfonamides is 1. The van der Waals surface area contributed by atoms with E-state index in [2.05, 4.69) is 26.3 Å². The van der Waals surface area contributed by atoms with Crippen LogP contribution in [0.4, 0.5) is 10.2 Å². The summed E-state index contributed by atoms with van der Waals surface area (Å²) in [6, 6.07) is 11.1. The van der Waals surface area contributed by atoms with Crippen molar-refractivity contribution in [1.82, 2.24) is 29.0 Å². The normalized spacial score (nSPS) is 19.5. The number of hydrogen-bond acceptors (Lipinski definition) is 9. The lowest BCUT2D eigenvalue weighted by molar-refractivity contribution is -0.146. The highest BCUT2D eigenvalue weighted by Gasteiger charge is 2.56. The van der Waals surface area contributed by atoms with Gasteiger partial charge in [-0.25, -0.2) is 22.8 Å². The summed E-state index contributed by atoms with van der Waals surface area (Å²) in [6.45, 7) is 17.5. The van der Waals surface area contributed by atoms with E-state index in [1.165, 1.54) is 34.9 Å². The molecule has 4 aliphatic rings. The number of nitrogens with zero attached hydrogens (tertiary/aromatic N) is 7. The van der Waals surface area contributed by atoms with E-state index in [4.69, 9.17) is 4.74 Å². The van der Waals surface area contributed by atoms with E-state index in [1.807, 2.05) is 39.8 Å². The van der Waals surface area contributed by atoms with Crippen LogP contribution < -0.4 is 9.64 Å². The number of likely N-dealkylation sites (tertiary alicyclic amines) is 2. The minimum atomic E-state index is -3.58. The zero-order valence-electron chi connectivity index (χ0n) is 30.9. The second-order valence-electron chi connectivity index (χ2n) is 15.8. The molecule has 282 valence electrons. The van der Waals surface area contributed by atoms with Crippen LogP contribution in [0.15, 0.2) is 72.5 Å². The smallest absolute Gasteiger partial charge is 0.258 e. The average molecular weight is 746 g/mol. The first-order valence-electron chi connectivity index (χ1n) is 18.3. The first kappa shape index (κ1) is 36.9. The van der Waals surface area contributed by atoms with Crippen LogP contribution in [0.1, 0.15) is 56.5 Å². The fourth-order valence-electron chi connectivity index (χ4n) is 8.41. The summed E-state index contributed by atoms with van der Waals surface area (Å²) in [5, 5.41) is 0. The van der Waals surface area contributed by atoms with Crippen molar-refractivity contribution < 1.29 is 27.1 Å². The molecular weight excluding hydrogens is 698 g/mol. The summed E-state index contributed by atoms with van der Waals surface area (Å²) in [7, 11) is -3.58. The summed E-state index contributed by atoms with van der Waals surface area (Å²) < 4.78 is 48.7. The minimum Gasteiger partial charge on any atom is -0.451 e. The molecule has 0 unspecified atom stereocenters. The maximum atomic E-state index is 14.4. The largest absolute Gasteiger partial charge is 0.451 e. The quantitative estimate of drug-likeness (QED) is 0.256. The van der Waals surface area contributed by atoms with Crippen LogP contribution in [0.5, 0.6) is 11.5 Å². The van der Waals surface area contributed by atoms with Gasteiger partial charge in [-0.1, -0.05) is 18.7 Å². The molecule has 0 radical (unpaired) electrons. The lowest BCUT2D eigenvalue weighted by atomic mass is 9.72. The van der Waals surface area contributed by atoms with E-state index in [9.17, 15) is 22.4 Å². The van der Waals surface area contributed by atoms with Crippen LogP contribution in [0.3, 0.4) is 0 Å². The minimum absolute atomic E-state index is 0.0798. The van der Waals surface area contributed by atoms with Crippen LogP contribution in [-0.2, 0) is 21.4 Å². The summed E-state index contributed by atoms with van der Waals surface area (Å²) >= 11 is 0. The Morgan fingerprint density at radius 1 is 0.943 bits per heavy atom. The summed E-state index contributed by atoms with van der Waals surface area (Å²) in [6.07, 6.45) is 6.40. The molecule has 4 fully saturated rings. The van der Waals surface area contributed by atoms with Gasteiger partial charge < -0.3 is 19.4 Å². The third-order valence-corrected chi connectivity index (χ3v) is 13.0. The van der Waals surface area contributed by atoms with Gasteiger partial charge in [0.25, 0.3) is 5.91 Å². The van der Waals surface area contributed by atoms with Crippen LogP contribution in [0.2, 0.25) is 0 Å². The summed E-state index contributed by atoms with van der Waals surface area (Å²) in [5.41, 5.74) is 1.24. The first-order chi connectivity index (χ1) is 25.2. The molecule has 2 aromatic carbocycles. The second kappa shape index (κ2) is 14.1. The van der Waals surface area contributed by atoms with E-state index in [1.54, 1.807) is 28.1 Å². The van der Waals surface area contributed by atoms with Gasteiger partial charge in [0.15, 0.2) is 11.6 Å². The molecule has 12 nitrogen and oxygen atoms in total. The number of halogens is 1. The van der Waals surface area contributed by atoms with Crippen molar-refractivity contribution in [3.63, 3.8) is 0 Å².